The second-order valence-corrected chi connectivity index (χ2v) is 5.54. The van der Waals surface area contributed by atoms with Crippen molar-refractivity contribution >= 4 is 7.28 Å². The first-order chi connectivity index (χ1) is 5.61. The zero-order chi connectivity index (χ0) is 8.88. The zero-order valence-electron chi connectivity index (χ0n) is 8.88. The molecule has 6 unspecified atom stereocenters. The lowest BCUT2D eigenvalue weighted by molar-refractivity contribution is 0.314. The summed E-state index contributed by atoms with van der Waals surface area (Å²) in [5.74, 6) is 6.15. The molecule has 0 aromatic carbocycles. The molecule has 1 heteroatoms. The van der Waals surface area contributed by atoms with Crippen LogP contribution in [0.15, 0.2) is 0 Å². The van der Waals surface area contributed by atoms with Crippen LogP contribution in [0.5, 0.6) is 0 Å². The van der Waals surface area contributed by atoms with Crippen LogP contribution >= 0.6 is 0 Å². The van der Waals surface area contributed by atoms with Gasteiger partial charge in [-0.2, -0.15) is 0 Å². The molecule has 1 saturated heterocycles. The van der Waals surface area contributed by atoms with Crippen molar-refractivity contribution in [2.75, 3.05) is 0 Å². The molecule has 0 nitrogen and oxygen atoms in total. The van der Waals surface area contributed by atoms with E-state index in [-0.39, 0.29) is 0 Å². The van der Waals surface area contributed by atoms with Crippen molar-refractivity contribution in [1.29, 1.82) is 0 Å². The summed E-state index contributed by atoms with van der Waals surface area (Å²) < 4.78 is 0. The topological polar surface area (TPSA) is 0 Å². The minimum Gasteiger partial charge on any atom is -0.0691 e. The van der Waals surface area contributed by atoms with E-state index in [0.717, 1.165) is 35.3 Å². The first-order valence-corrected chi connectivity index (χ1v) is 5.61. The predicted molar refractivity (Wildman–Crippen MR) is 55.9 cm³/mol. The van der Waals surface area contributed by atoms with E-state index in [4.69, 9.17) is 0 Å². The summed E-state index contributed by atoms with van der Waals surface area (Å²) >= 11 is 0. The molecular formula is C11H21B. The van der Waals surface area contributed by atoms with Gasteiger partial charge in [0.2, 0.25) is 0 Å². The molecule has 6 atom stereocenters. The van der Waals surface area contributed by atoms with Gasteiger partial charge < -0.3 is 0 Å². The molecule has 0 N–H and O–H groups in total. The average molecular weight is 164 g/mol. The maximum atomic E-state index is 2.47. The maximum Gasteiger partial charge on any atom is 0.127 e. The van der Waals surface area contributed by atoms with Gasteiger partial charge in [0.15, 0.2) is 0 Å². The number of hydrogen-bond donors (Lipinski definition) is 0. The van der Waals surface area contributed by atoms with E-state index in [1.807, 2.05) is 0 Å². The second kappa shape index (κ2) is 2.78. The van der Waals surface area contributed by atoms with Gasteiger partial charge in [-0.05, 0) is 30.1 Å². The van der Waals surface area contributed by atoms with Gasteiger partial charge in [0, 0.05) is 0 Å². The van der Waals surface area contributed by atoms with E-state index in [1.165, 1.54) is 13.7 Å². The molecule has 0 radical (unpaired) electrons. The number of fused-ring (bicyclic) bond motifs is 1. The maximum absolute atomic E-state index is 2.47. The van der Waals surface area contributed by atoms with Gasteiger partial charge in [0.1, 0.15) is 7.28 Å². The molecule has 0 amide bonds. The van der Waals surface area contributed by atoms with E-state index >= 15 is 0 Å². The average Bonchev–Trinajstić information content (AvgIpc) is 2.38. The quantitative estimate of drug-likeness (QED) is 0.483. The number of rotatable bonds is 0. The van der Waals surface area contributed by atoms with Crippen LogP contribution in [-0.2, 0) is 0 Å². The van der Waals surface area contributed by atoms with Crippen molar-refractivity contribution in [3.63, 3.8) is 0 Å². The van der Waals surface area contributed by atoms with E-state index in [1.54, 1.807) is 0 Å². The summed E-state index contributed by atoms with van der Waals surface area (Å²) in [5, 5.41) is 0. The normalized spacial score (nSPS) is 58.3. The highest BCUT2D eigenvalue weighted by Crippen LogP contribution is 2.57. The van der Waals surface area contributed by atoms with Crippen LogP contribution in [0.3, 0.4) is 0 Å². The Morgan fingerprint density at radius 2 is 1.25 bits per heavy atom. The van der Waals surface area contributed by atoms with Crippen LogP contribution in [0, 0.1) is 23.7 Å². The molecule has 2 aliphatic rings. The van der Waals surface area contributed by atoms with Crippen LogP contribution in [0.1, 0.15) is 34.1 Å². The Balaban J connectivity index is 2.20. The Morgan fingerprint density at radius 1 is 0.833 bits per heavy atom. The van der Waals surface area contributed by atoms with Crippen LogP contribution in [-0.4, -0.2) is 7.28 Å². The molecule has 68 valence electrons. The van der Waals surface area contributed by atoms with E-state index in [0.29, 0.717) is 0 Å². The van der Waals surface area contributed by atoms with Crippen molar-refractivity contribution in [2.24, 2.45) is 23.7 Å². The van der Waals surface area contributed by atoms with Crippen LogP contribution in [0.25, 0.3) is 0 Å². The van der Waals surface area contributed by atoms with Gasteiger partial charge in [-0.15, -0.1) is 0 Å². The first-order valence-electron chi connectivity index (χ1n) is 5.61. The van der Waals surface area contributed by atoms with E-state index in [9.17, 15) is 0 Å². The molecule has 2 fully saturated rings. The Kier molecular flexibility index (Phi) is 2.01. The molecule has 1 heterocycles. The third kappa shape index (κ3) is 1.05. The summed E-state index contributed by atoms with van der Waals surface area (Å²) in [6.45, 7) is 9.87. The van der Waals surface area contributed by atoms with E-state index in [2.05, 4.69) is 27.7 Å². The van der Waals surface area contributed by atoms with E-state index < -0.39 is 0 Å². The van der Waals surface area contributed by atoms with Crippen molar-refractivity contribution in [3.05, 3.63) is 0 Å². The van der Waals surface area contributed by atoms with Crippen molar-refractivity contribution in [2.45, 2.75) is 45.8 Å². The third-order valence-corrected chi connectivity index (χ3v) is 4.56. The highest BCUT2D eigenvalue weighted by atomic mass is 14.5. The van der Waals surface area contributed by atoms with Crippen molar-refractivity contribution in [3.8, 4) is 0 Å². The fraction of sp³-hybridized carbons (Fsp3) is 1.00. The van der Waals surface area contributed by atoms with Crippen LogP contribution in [0.2, 0.25) is 11.6 Å². The fourth-order valence-corrected chi connectivity index (χ4v) is 4.44. The zero-order valence-corrected chi connectivity index (χ0v) is 8.88. The van der Waals surface area contributed by atoms with Gasteiger partial charge >= 0.3 is 0 Å². The standard InChI is InChI=1S/C11H21B/c1-6-5-7(2)11-9(4)12-8(3)10(6)11/h6-12H,5H2,1-4H3. The van der Waals surface area contributed by atoms with Gasteiger partial charge in [0.25, 0.3) is 0 Å². The lowest BCUT2D eigenvalue weighted by atomic mass is 9.59. The SMILES string of the molecule is CC1BC(C)C2C(C)CC(C)C12. The lowest BCUT2D eigenvalue weighted by Crippen LogP contribution is -2.12. The summed E-state index contributed by atoms with van der Waals surface area (Å²) in [5.41, 5.74) is 0. The molecule has 1 saturated carbocycles. The first kappa shape index (κ1) is 8.65. The summed E-state index contributed by atoms with van der Waals surface area (Å²) in [6.07, 6.45) is 1.49. The molecule has 2 rings (SSSR count). The Hall–Kier alpha value is 0.0649. The molecule has 0 aromatic heterocycles. The van der Waals surface area contributed by atoms with Gasteiger partial charge in [-0.3, -0.25) is 0 Å². The third-order valence-electron chi connectivity index (χ3n) is 4.56. The Morgan fingerprint density at radius 3 is 1.67 bits per heavy atom. The highest BCUT2D eigenvalue weighted by molar-refractivity contribution is 6.41. The molecule has 1 aliphatic carbocycles. The van der Waals surface area contributed by atoms with Gasteiger partial charge in [-0.1, -0.05) is 39.3 Å². The second-order valence-electron chi connectivity index (χ2n) is 5.54. The molecule has 1 aliphatic heterocycles. The minimum atomic E-state index is 1.00. The lowest BCUT2D eigenvalue weighted by Gasteiger charge is -2.22. The van der Waals surface area contributed by atoms with Crippen LogP contribution in [0.4, 0.5) is 0 Å². The predicted octanol–water partition coefficient (Wildman–Crippen LogP) is 2.96. The molecule has 0 spiro atoms. The largest absolute Gasteiger partial charge is 0.127 e. The van der Waals surface area contributed by atoms with Gasteiger partial charge in [0.05, 0.1) is 0 Å². The minimum absolute atomic E-state index is 1.00. The Labute approximate surface area is 77.4 Å². The summed E-state index contributed by atoms with van der Waals surface area (Å²) in [6, 6.07) is 0. The van der Waals surface area contributed by atoms with Crippen molar-refractivity contribution in [1.82, 2.24) is 0 Å². The fourth-order valence-electron chi connectivity index (χ4n) is 4.44. The molecular weight excluding hydrogens is 143 g/mol. The van der Waals surface area contributed by atoms with Crippen LogP contribution < -0.4 is 0 Å². The molecule has 12 heavy (non-hydrogen) atoms. The molecule has 0 bridgehead atoms. The smallest absolute Gasteiger partial charge is 0.0691 e. The highest BCUT2D eigenvalue weighted by Gasteiger charge is 2.49. The van der Waals surface area contributed by atoms with Gasteiger partial charge in [-0.25, -0.2) is 0 Å². The Bertz CT molecular complexity index is 142. The summed E-state index contributed by atoms with van der Waals surface area (Å²) in [4.78, 5) is 0. The number of hydrogen-bond acceptors (Lipinski definition) is 0. The summed E-state index contributed by atoms with van der Waals surface area (Å²) in [7, 11) is 1.49. The van der Waals surface area contributed by atoms with Crippen molar-refractivity contribution < 1.29 is 0 Å². The molecule has 0 aromatic rings. The monoisotopic (exact) mass is 164 g/mol.